The number of amides is 1. The molecule has 1 heterocycles. The predicted octanol–water partition coefficient (Wildman–Crippen LogP) is 3.56. The van der Waals surface area contributed by atoms with Gasteiger partial charge in [-0.25, -0.2) is 13.4 Å². The number of anilines is 1. The second-order valence-corrected chi connectivity index (χ2v) is 8.59. The second-order valence-electron chi connectivity index (χ2n) is 6.63. The van der Waals surface area contributed by atoms with E-state index in [1.807, 2.05) is 0 Å². The molecule has 0 saturated heterocycles. The van der Waals surface area contributed by atoms with Crippen LogP contribution in [0.15, 0.2) is 47.6 Å². The lowest BCUT2D eigenvalue weighted by atomic mass is 9.63. The van der Waals surface area contributed by atoms with Crippen LogP contribution in [0.2, 0.25) is 0 Å². The lowest BCUT2D eigenvalue weighted by Gasteiger charge is -2.41. The van der Waals surface area contributed by atoms with Gasteiger partial charge in [-0.1, -0.05) is 24.6 Å². The van der Waals surface area contributed by atoms with E-state index in [2.05, 4.69) is 10.3 Å². The number of rotatable bonds is 4. The molecule has 0 atom stereocenters. The number of aromatic nitrogens is 1. The van der Waals surface area contributed by atoms with E-state index >= 15 is 0 Å². The van der Waals surface area contributed by atoms with Gasteiger partial charge in [0.05, 0.1) is 22.9 Å². The highest BCUT2D eigenvalue weighted by atomic mass is 32.2. The predicted molar refractivity (Wildman–Crippen MR) is 92.9 cm³/mol. The number of pyridine rings is 1. The molecule has 3 rings (SSSR count). The molecule has 0 spiro atoms. The largest absolute Gasteiger partial charge is 0.416 e. The van der Waals surface area contributed by atoms with E-state index in [0.717, 1.165) is 24.8 Å². The van der Waals surface area contributed by atoms with Crippen LogP contribution in [0.1, 0.15) is 30.4 Å². The van der Waals surface area contributed by atoms with Gasteiger partial charge in [0.15, 0.2) is 14.9 Å². The summed E-state index contributed by atoms with van der Waals surface area (Å²) in [7, 11) is -3.46. The summed E-state index contributed by atoms with van der Waals surface area (Å²) in [5, 5.41) is 2.51. The molecular weight excluding hydrogens is 381 g/mol. The Morgan fingerprint density at radius 1 is 1.19 bits per heavy atom. The number of carbonyl (C=O) groups excluding carboxylic acids is 1. The average molecular weight is 398 g/mol. The molecule has 1 fully saturated rings. The molecule has 0 unspecified atom stereocenters. The molecule has 1 aliphatic rings. The number of alkyl halides is 3. The zero-order valence-corrected chi connectivity index (χ0v) is 15.2. The standard InChI is InChI=1S/C18H17F3N2O3S/c1-27(25,26)15-7-6-14(11-22-15)23-16(24)17(8-3-9-17)12-4-2-5-13(10-12)18(19,20)21/h2,4-7,10-11H,3,8-9H2,1H3,(H,23,24). The summed E-state index contributed by atoms with van der Waals surface area (Å²) >= 11 is 0. The Balaban J connectivity index is 1.86. The molecule has 27 heavy (non-hydrogen) atoms. The fourth-order valence-corrected chi connectivity index (χ4v) is 3.65. The Hall–Kier alpha value is -2.42. The van der Waals surface area contributed by atoms with Crippen molar-refractivity contribution in [3.8, 4) is 0 Å². The summed E-state index contributed by atoms with van der Waals surface area (Å²) in [5.74, 6) is -0.429. The minimum atomic E-state index is -4.48. The Morgan fingerprint density at radius 2 is 1.89 bits per heavy atom. The fraction of sp³-hybridized carbons (Fsp3) is 0.333. The van der Waals surface area contributed by atoms with E-state index in [1.54, 1.807) is 0 Å². The molecule has 1 aliphatic carbocycles. The van der Waals surface area contributed by atoms with Crippen LogP contribution in [0.5, 0.6) is 0 Å². The quantitative estimate of drug-likeness (QED) is 0.854. The third kappa shape index (κ3) is 3.83. The smallest absolute Gasteiger partial charge is 0.324 e. The van der Waals surface area contributed by atoms with Gasteiger partial charge < -0.3 is 5.32 Å². The molecule has 2 aromatic rings. The van der Waals surface area contributed by atoms with Crippen molar-refractivity contribution in [3.63, 3.8) is 0 Å². The van der Waals surface area contributed by atoms with Crippen LogP contribution in [0, 0.1) is 0 Å². The van der Waals surface area contributed by atoms with Gasteiger partial charge >= 0.3 is 6.18 Å². The highest BCUT2D eigenvalue weighted by Crippen LogP contribution is 2.45. The Morgan fingerprint density at radius 3 is 2.37 bits per heavy atom. The third-order valence-corrected chi connectivity index (χ3v) is 5.76. The number of benzene rings is 1. The molecule has 1 amide bonds. The van der Waals surface area contributed by atoms with Crippen molar-refractivity contribution in [3.05, 3.63) is 53.7 Å². The van der Waals surface area contributed by atoms with Crippen LogP contribution in [-0.2, 0) is 26.2 Å². The molecule has 144 valence electrons. The van der Waals surface area contributed by atoms with Crippen molar-refractivity contribution in [1.82, 2.24) is 4.98 Å². The summed E-state index contributed by atoms with van der Waals surface area (Å²) in [4.78, 5) is 16.6. The molecule has 1 saturated carbocycles. The maximum atomic E-state index is 13.0. The molecule has 9 heteroatoms. The van der Waals surface area contributed by atoms with Crippen LogP contribution in [0.4, 0.5) is 18.9 Å². The summed E-state index contributed by atoms with van der Waals surface area (Å²) in [6.45, 7) is 0. The van der Waals surface area contributed by atoms with E-state index < -0.39 is 32.9 Å². The Labute approximate surface area is 154 Å². The first kappa shape index (κ1) is 19.3. The number of hydrogen-bond donors (Lipinski definition) is 1. The molecule has 1 N–H and O–H groups in total. The normalized spacial score (nSPS) is 16.4. The zero-order chi connectivity index (χ0) is 19.9. The van der Waals surface area contributed by atoms with Gasteiger partial charge in [-0.15, -0.1) is 0 Å². The summed E-state index contributed by atoms with van der Waals surface area (Å²) in [6, 6.07) is 7.49. The molecular formula is C18H17F3N2O3S. The number of halogens is 3. The van der Waals surface area contributed by atoms with Crippen molar-refractivity contribution < 1.29 is 26.4 Å². The molecule has 5 nitrogen and oxygen atoms in total. The first-order valence-corrected chi connectivity index (χ1v) is 10.1. The van der Waals surface area contributed by atoms with Gasteiger partial charge in [-0.2, -0.15) is 13.2 Å². The van der Waals surface area contributed by atoms with E-state index in [0.29, 0.717) is 18.4 Å². The fourth-order valence-electron chi connectivity index (χ4n) is 3.09. The van der Waals surface area contributed by atoms with Crippen molar-refractivity contribution in [2.75, 3.05) is 11.6 Å². The summed E-state index contributed by atoms with van der Waals surface area (Å²) in [5.41, 5.74) is -1.22. The summed E-state index contributed by atoms with van der Waals surface area (Å²) in [6.07, 6.45) is -0.640. The highest BCUT2D eigenvalue weighted by molar-refractivity contribution is 7.90. The van der Waals surface area contributed by atoms with Crippen LogP contribution in [0.3, 0.4) is 0 Å². The molecule has 0 aliphatic heterocycles. The Bertz CT molecular complexity index is 966. The molecule has 1 aromatic heterocycles. The number of nitrogens with one attached hydrogen (secondary N) is 1. The van der Waals surface area contributed by atoms with Crippen LogP contribution in [0.25, 0.3) is 0 Å². The van der Waals surface area contributed by atoms with E-state index in [-0.39, 0.29) is 10.7 Å². The maximum Gasteiger partial charge on any atom is 0.416 e. The SMILES string of the molecule is CS(=O)(=O)c1ccc(NC(=O)C2(c3cccc(C(F)(F)F)c3)CCC2)cn1. The van der Waals surface area contributed by atoms with Gasteiger partial charge in [-0.05, 0) is 36.6 Å². The molecule has 1 aromatic carbocycles. The Kier molecular flexibility index (Phi) is 4.75. The molecule has 0 radical (unpaired) electrons. The van der Waals surface area contributed by atoms with Gasteiger partial charge in [0.1, 0.15) is 0 Å². The molecule has 0 bridgehead atoms. The van der Waals surface area contributed by atoms with Gasteiger partial charge in [0.2, 0.25) is 5.91 Å². The summed E-state index contributed by atoms with van der Waals surface area (Å²) < 4.78 is 61.9. The number of nitrogens with zero attached hydrogens (tertiary/aromatic N) is 1. The van der Waals surface area contributed by atoms with Crippen molar-refractivity contribution in [1.29, 1.82) is 0 Å². The lowest BCUT2D eigenvalue weighted by Crippen LogP contribution is -2.46. The van der Waals surface area contributed by atoms with Crippen molar-refractivity contribution in [2.24, 2.45) is 0 Å². The van der Waals surface area contributed by atoms with Gasteiger partial charge in [-0.3, -0.25) is 4.79 Å². The first-order chi connectivity index (χ1) is 12.5. The minimum absolute atomic E-state index is 0.128. The van der Waals surface area contributed by atoms with E-state index in [1.165, 1.54) is 30.5 Å². The van der Waals surface area contributed by atoms with Gasteiger partial charge in [0.25, 0.3) is 0 Å². The monoisotopic (exact) mass is 398 g/mol. The van der Waals surface area contributed by atoms with Crippen LogP contribution >= 0.6 is 0 Å². The van der Waals surface area contributed by atoms with Crippen molar-refractivity contribution >= 4 is 21.4 Å². The van der Waals surface area contributed by atoms with Crippen LogP contribution < -0.4 is 5.32 Å². The lowest BCUT2D eigenvalue weighted by molar-refractivity contribution is -0.138. The zero-order valence-electron chi connectivity index (χ0n) is 14.4. The van der Waals surface area contributed by atoms with Crippen LogP contribution in [-0.4, -0.2) is 25.6 Å². The van der Waals surface area contributed by atoms with Crippen molar-refractivity contribution in [2.45, 2.75) is 35.9 Å². The number of sulfone groups is 1. The average Bonchev–Trinajstić information content (AvgIpc) is 2.53. The number of hydrogen-bond acceptors (Lipinski definition) is 4. The highest BCUT2D eigenvalue weighted by Gasteiger charge is 2.46. The third-order valence-electron chi connectivity index (χ3n) is 4.76. The van der Waals surface area contributed by atoms with Gasteiger partial charge in [0, 0.05) is 6.26 Å². The second kappa shape index (κ2) is 6.63. The maximum absolute atomic E-state index is 13.0. The number of carbonyl (C=O) groups is 1. The van der Waals surface area contributed by atoms with E-state index in [9.17, 15) is 26.4 Å². The minimum Gasteiger partial charge on any atom is -0.324 e. The topological polar surface area (TPSA) is 76.1 Å². The van der Waals surface area contributed by atoms with E-state index in [4.69, 9.17) is 0 Å². The first-order valence-electron chi connectivity index (χ1n) is 8.18.